The summed E-state index contributed by atoms with van der Waals surface area (Å²) in [7, 11) is 0. The smallest absolute Gasteiger partial charge is 0.305 e. The van der Waals surface area contributed by atoms with E-state index in [0.717, 1.165) is 24.3 Å². The molecule has 3 aromatic carbocycles. The second-order valence-electron chi connectivity index (χ2n) is 8.65. The highest BCUT2D eigenvalue weighted by Crippen LogP contribution is 2.45. The van der Waals surface area contributed by atoms with E-state index in [2.05, 4.69) is 0 Å². The van der Waals surface area contributed by atoms with Gasteiger partial charge in [0.25, 0.3) is 5.91 Å². The van der Waals surface area contributed by atoms with E-state index >= 15 is 0 Å². The van der Waals surface area contributed by atoms with Gasteiger partial charge in [-0.3, -0.25) is 9.59 Å². The SMILES string of the molecule is CCC(=O)N(c1ccc(Cl)cc1)[C@@H]1C[C@H](C)N(C(=O)c2ccc(F)cc2)c2cc(C(F)(F)F)ccc21. The minimum Gasteiger partial charge on any atom is -0.305 e. The lowest BCUT2D eigenvalue weighted by molar-refractivity contribution is -0.137. The number of carbonyl (C=O) groups excluding carboxylic acids is 2. The van der Waals surface area contributed by atoms with Crippen LogP contribution in [0, 0.1) is 5.82 Å². The summed E-state index contributed by atoms with van der Waals surface area (Å²) < 4.78 is 54.4. The van der Waals surface area contributed by atoms with Crippen LogP contribution in [-0.4, -0.2) is 17.9 Å². The summed E-state index contributed by atoms with van der Waals surface area (Å²) in [4.78, 5) is 29.4. The maximum atomic E-state index is 13.7. The summed E-state index contributed by atoms with van der Waals surface area (Å²) in [6, 6.07) is 13.5. The lowest BCUT2D eigenvalue weighted by atomic mass is 9.88. The van der Waals surface area contributed by atoms with E-state index in [0.29, 0.717) is 16.3 Å². The minimum absolute atomic E-state index is 0.0609. The zero-order valence-corrected chi connectivity index (χ0v) is 20.3. The first-order valence-corrected chi connectivity index (χ1v) is 11.8. The number of halogens is 5. The normalized spacial score (nSPS) is 17.5. The van der Waals surface area contributed by atoms with E-state index in [-0.39, 0.29) is 30.0 Å². The summed E-state index contributed by atoms with van der Waals surface area (Å²) in [5.74, 6) is -1.31. The molecule has 0 spiro atoms. The third kappa shape index (κ3) is 4.95. The quantitative estimate of drug-likeness (QED) is 0.337. The number of alkyl halides is 3. The lowest BCUT2D eigenvalue weighted by Crippen LogP contribution is -2.48. The van der Waals surface area contributed by atoms with Crippen LogP contribution in [0.1, 0.15) is 54.2 Å². The van der Waals surface area contributed by atoms with Crippen LogP contribution in [0.2, 0.25) is 5.02 Å². The minimum atomic E-state index is -4.63. The molecule has 1 heterocycles. The lowest BCUT2D eigenvalue weighted by Gasteiger charge is -2.44. The number of fused-ring (bicyclic) bond motifs is 1. The highest BCUT2D eigenvalue weighted by atomic mass is 35.5. The fourth-order valence-corrected chi connectivity index (χ4v) is 4.68. The molecular formula is C27H23ClF4N2O2. The first-order chi connectivity index (χ1) is 17.0. The molecule has 0 saturated carbocycles. The monoisotopic (exact) mass is 518 g/mol. The van der Waals surface area contributed by atoms with Gasteiger partial charge in [-0.05, 0) is 79.6 Å². The predicted molar refractivity (Wildman–Crippen MR) is 131 cm³/mol. The molecular weight excluding hydrogens is 496 g/mol. The summed E-state index contributed by atoms with van der Waals surface area (Å²) in [5, 5.41) is 0.478. The van der Waals surface area contributed by atoms with Crippen molar-refractivity contribution < 1.29 is 27.2 Å². The Balaban J connectivity index is 1.88. The van der Waals surface area contributed by atoms with E-state index in [1.165, 1.54) is 23.1 Å². The number of rotatable bonds is 4. The summed E-state index contributed by atoms with van der Waals surface area (Å²) >= 11 is 6.02. The molecule has 0 N–H and O–H groups in total. The van der Waals surface area contributed by atoms with Crippen molar-refractivity contribution in [2.75, 3.05) is 9.80 Å². The first-order valence-electron chi connectivity index (χ1n) is 11.4. The summed E-state index contributed by atoms with van der Waals surface area (Å²) in [5.41, 5.74) is 0.252. The van der Waals surface area contributed by atoms with Crippen LogP contribution in [-0.2, 0) is 11.0 Å². The van der Waals surface area contributed by atoms with E-state index in [1.807, 2.05) is 0 Å². The molecule has 4 rings (SSSR count). The van der Waals surface area contributed by atoms with Gasteiger partial charge in [-0.1, -0.05) is 24.6 Å². The molecule has 3 aromatic rings. The van der Waals surface area contributed by atoms with Gasteiger partial charge < -0.3 is 9.80 Å². The molecule has 1 aliphatic rings. The third-order valence-corrected chi connectivity index (χ3v) is 6.53. The molecule has 0 saturated heterocycles. The van der Waals surface area contributed by atoms with Crippen molar-refractivity contribution in [2.45, 2.75) is 44.9 Å². The number of benzene rings is 3. The molecule has 0 radical (unpaired) electrons. The van der Waals surface area contributed by atoms with E-state index in [4.69, 9.17) is 11.6 Å². The largest absolute Gasteiger partial charge is 0.416 e. The van der Waals surface area contributed by atoms with Crippen LogP contribution in [0.25, 0.3) is 0 Å². The molecule has 0 unspecified atom stereocenters. The number of amides is 2. The molecule has 188 valence electrons. The molecule has 4 nitrogen and oxygen atoms in total. The number of hydrogen-bond donors (Lipinski definition) is 0. The first kappa shape index (κ1) is 25.7. The average Bonchev–Trinajstić information content (AvgIpc) is 2.84. The Morgan fingerprint density at radius 3 is 2.25 bits per heavy atom. The van der Waals surface area contributed by atoms with Gasteiger partial charge in [-0.2, -0.15) is 13.2 Å². The average molecular weight is 519 g/mol. The number of carbonyl (C=O) groups is 2. The Hall–Kier alpha value is -3.39. The zero-order chi connectivity index (χ0) is 26.2. The number of anilines is 2. The van der Waals surface area contributed by atoms with Crippen molar-refractivity contribution in [1.82, 2.24) is 0 Å². The van der Waals surface area contributed by atoms with E-state index < -0.39 is 35.5 Å². The van der Waals surface area contributed by atoms with Crippen molar-refractivity contribution in [3.8, 4) is 0 Å². The summed E-state index contributed by atoms with van der Waals surface area (Å²) in [6.45, 7) is 3.42. The number of nitrogens with zero attached hydrogens (tertiary/aromatic N) is 2. The van der Waals surface area contributed by atoms with Crippen LogP contribution >= 0.6 is 11.6 Å². The van der Waals surface area contributed by atoms with Gasteiger partial charge in [0.1, 0.15) is 5.82 Å². The van der Waals surface area contributed by atoms with Gasteiger partial charge in [-0.25, -0.2) is 4.39 Å². The third-order valence-electron chi connectivity index (χ3n) is 6.28. The van der Waals surface area contributed by atoms with E-state index in [1.54, 1.807) is 43.0 Å². The van der Waals surface area contributed by atoms with Crippen LogP contribution in [0.3, 0.4) is 0 Å². The van der Waals surface area contributed by atoms with Gasteiger partial charge in [0.05, 0.1) is 17.3 Å². The second-order valence-corrected chi connectivity index (χ2v) is 9.08. The second kappa shape index (κ2) is 9.93. The van der Waals surface area contributed by atoms with Crippen LogP contribution in [0.15, 0.2) is 66.7 Å². The number of hydrogen-bond acceptors (Lipinski definition) is 2. The zero-order valence-electron chi connectivity index (χ0n) is 19.5. The van der Waals surface area contributed by atoms with Crippen molar-refractivity contribution in [2.24, 2.45) is 0 Å². The fourth-order valence-electron chi connectivity index (χ4n) is 4.56. The van der Waals surface area contributed by atoms with Crippen molar-refractivity contribution >= 4 is 34.8 Å². The van der Waals surface area contributed by atoms with Gasteiger partial charge in [0, 0.05) is 28.7 Å². The maximum Gasteiger partial charge on any atom is 0.416 e. The van der Waals surface area contributed by atoms with Crippen molar-refractivity contribution in [1.29, 1.82) is 0 Å². The molecule has 2 atom stereocenters. The highest BCUT2D eigenvalue weighted by Gasteiger charge is 2.41. The molecule has 0 aliphatic carbocycles. The molecule has 2 amide bonds. The van der Waals surface area contributed by atoms with Gasteiger partial charge in [0.15, 0.2) is 0 Å². The van der Waals surface area contributed by atoms with Crippen molar-refractivity contribution in [3.63, 3.8) is 0 Å². The maximum absolute atomic E-state index is 13.7. The molecule has 9 heteroatoms. The molecule has 0 aromatic heterocycles. The molecule has 0 bridgehead atoms. The predicted octanol–water partition coefficient (Wildman–Crippen LogP) is 7.42. The van der Waals surface area contributed by atoms with Crippen LogP contribution < -0.4 is 9.80 Å². The highest BCUT2D eigenvalue weighted by molar-refractivity contribution is 6.30. The van der Waals surface area contributed by atoms with Crippen molar-refractivity contribution in [3.05, 3.63) is 94.3 Å². The van der Waals surface area contributed by atoms with Crippen LogP contribution in [0.5, 0.6) is 0 Å². The fraction of sp³-hybridized carbons (Fsp3) is 0.259. The summed E-state index contributed by atoms with van der Waals surface area (Å²) in [6.07, 6.45) is -4.19. The molecule has 1 aliphatic heterocycles. The Kier molecular flexibility index (Phi) is 7.09. The van der Waals surface area contributed by atoms with Crippen LogP contribution in [0.4, 0.5) is 28.9 Å². The standard InChI is InChI=1S/C27H23ClF4N2O2/c1-3-25(35)34(21-11-7-19(28)8-12-21)23-14-16(2)33(26(36)17-4-9-20(29)10-5-17)24-15-18(27(30,31)32)6-13-22(23)24/h4-13,15-16,23H,3,14H2,1-2H3/t16-,23+/m0/s1. The van der Waals surface area contributed by atoms with E-state index in [9.17, 15) is 27.2 Å². The topological polar surface area (TPSA) is 40.6 Å². The van der Waals surface area contributed by atoms with Gasteiger partial charge in [0.2, 0.25) is 5.91 Å². The Morgan fingerprint density at radius 2 is 1.67 bits per heavy atom. The van der Waals surface area contributed by atoms with Gasteiger partial charge >= 0.3 is 6.18 Å². The molecule has 0 fully saturated rings. The Labute approximate surface area is 211 Å². The van der Waals surface area contributed by atoms with Gasteiger partial charge in [-0.15, -0.1) is 0 Å². The molecule has 36 heavy (non-hydrogen) atoms. The Morgan fingerprint density at radius 1 is 1.03 bits per heavy atom. The Bertz CT molecular complexity index is 1280.